The number of benzene rings is 1. The summed E-state index contributed by atoms with van der Waals surface area (Å²) in [6, 6.07) is 5.62. The van der Waals surface area contributed by atoms with Crippen LogP contribution in [-0.4, -0.2) is 29.0 Å². The summed E-state index contributed by atoms with van der Waals surface area (Å²) >= 11 is 0. The van der Waals surface area contributed by atoms with E-state index >= 15 is 0 Å². The standard InChI is InChI=1S/C21H26F2N4O/c1-14-10-15(2)26-21(25-14)27-9-3-4-16(13-27)6-8-20(28)24-12-17-5-7-18(22)19(23)11-17/h5,7,10-11,16H,3-4,6,8-9,12-13H2,1-2H3,(H,24,28). The molecule has 1 aromatic carbocycles. The summed E-state index contributed by atoms with van der Waals surface area (Å²) in [5, 5.41) is 2.78. The van der Waals surface area contributed by atoms with Crippen LogP contribution in [0.4, 0.5) is 14.7 Å². The lowest BCUT2D eigenvalue weighted by atomic mass is 9.93. The summed E-state index contributed by atoms with van der Waals surface area (Å²) in [6.45, 7) is 5.91. The second kappa shape index (κ2) is 9.08. The van der Waals surface area contributed by atoms with Gasteiger partial charge >= 0.3 is 0 Å². The number of hydrogen-bond donors (Lipinski definition) is 1. The number of halogens is 2. The maximum absolute atomic E-state index is 13.2. The molecule has 1 aliphatic heterocycles. The Morgan fingerprint density at radius 3 is 2.64 bits per heavy atom. The highest BCUT2D eigenvalue weighted by Gasteiger charge is 2.22. The number of anilines is 1. The molecule has 1 unspecified atom stereocenters. The first-order chi connectivity index (χ1) is 13.4. The van der Waals surface area contributed by atoms with E-state index in [1.165, 1.54) is 6.07 Å². The number of aromatic nitrogens is 2. The minimum absolute atomic E-state index is 0.0792. The van der Waals surface area contributed by atoms with Gasteiger partial charge in [-0.3, -0.25) is 4.79 Å². The Morgan fingerprint density at radius 2 is 1.93 bits per heavy atom. The van der Waals surface area contributed by atoms with E-state index < -0.39 is 11.6 Å². The maximum atomic E-state index is 13.2. The molecule has 0 aliphatic carbocycles. The number of nitrogens with zero attached hydrogens (tertiary/aromatic N) is 3. The van der Waals surface area contributed by atoms with Crippen molar-refractivity contribution in [3.05, 3.63) is 52.9 Å². The first kappa shape index (κ1) is 20.2. The van der Waals surface area contributed by atoms with Crippen molar-refractivity contribution in [2.45, 2.75) is 46.1 Å². The molecule has 0 bridgehead atoms. The van der Waals surface area contributed by atoms with E-state index in [1.807, 2.05) is 19.9 Å². The molecular weight excluding hydrogens is 362 g/mol. The van der Waals surface area contributed by atoms with Gasteiger partial charge in [-0.2, -0.15) is 0 Å². The average molecular weight is 388 g/mol. The molecule has 0 saturated carbocycles. The van der Waals surface area contributed by atoms with Crippen LogP contribution in [0.1, 0.15) is 42.6 Å². The van der Waals surface area contributed by atoms with Crippen molar-refractivity contribution in [2.75, 3.05) is 18.0 Å². The zero-order valence-electron chi connectivity index (χ0n) is 16.3. The highest BCUT2D eigenvalue weighted by molar-refractivity contribution is 5.75. The number of carbonyl (C=O) groups is 1. The Bertz CT molecular complexity index is 823. The molecule has 1 amide bonds. The molecule has 150 valence electrons. The molecule has 2 aromatic rings. The fourth-order valence-corrected chi connectivity index (χ4v) is 3.60. The fourth-order valence-electron chi connectivity index (χ4n) is 3.60. The van der Waals surface area contributed by atoms with E-state index in [0.717, 1.165) is 61.8 Å². The lowest BCUT2D eigenvalue weighted by molar-refractivity contribution is -0.121. The lowest BCUT2D eigenvalue weighted by Crippen LogP contribution is -2.37. The van der Waals surface area contributed by atoms with Gasteiger partial charge in [0, 0.05) is 37.4 Å². The SMILES string of the molecule is Cc1cc(C)nc(N2CCCC(CCC(=O)NCc3ccc(F)c(F)c3)C2)n1. The van der Waals surface area contributed by atoms with Crippen molar-refractivity contribution in [1.29, 1.82) is 0 Å². The molecular formula is C21H26F2N4O. The third kappa shape index (κ3) is 5.47. The Kier molecular flexibility index (Phi) is 6.54. The smallest absolute Gasteiger partial charge is 0.225 e. The number of piperidine rings is 1. The van der Waals surface area contributed by atoms with Crippen LogP contribution in [0.5, 0.6) is 0 Å². The quantitative estimate of drug-likeness (QED) is 0.820. The second-order valence-corrected chi connectivity index (χ2v) is 7.47. The summed E-state index contributed by atoms with van der Waals surface area (Å²) in [4.78, 5) is 23.4. The van der Waals surface area contributed by atoms with E-state index in [4.69, 9.17) is 0 Å². The van der Waals surface area contributed by atoms with Gasteiger partial charge in [0.25, 0.3) is 0 Å². The monoisotopic (exact) mass is 388 g/mol. The lowest BCUT2D eigenvalue weighted by Gasteiger charge is -2.33. The molecule has 28 heavy (non-hydrogen) atoms. The third-order valence-corrected chi connectivity index (χ3v) is 5.03. The number of aryl methyl sites for hydroxylation is 2. The summed E-state index contributed by atoms with van der Waals surface area (Å²) in [6.07, 6.45) is 3.33. The van der Waals surface area contributed by atoms with E-state index in [1.54, 1.807) is 0 Å². The first-order valence-electron chi connectivity index (χ1n) is 9.68. The Balaban J connectivity index is 1.47. The van der Waals surface area contributed by atoms with Gasteiger partial charge in [-0.15, -0.1) is 0 Å². The van der Waals surface area contributed by atoms with Crippen molar-refractivity contribution in [2.24, 2.45) is 5.92 Å². The van der Waals surface area contributed by atoms with Crippen molar-refractivity contribution < 1.29 is 13.6 Å². The van der Waals surface area contributed by atoms with Gasteiger partial charge in [0.2, 0.25) is 11.9 Å². The second-order valence-electron chi connectivity index (χ2n) is 7.47. The minimum Gasteiger partial charge on any atom is -0.352 e. The van der Waals surface area contributed by atoms with Crippen LogP contribution in [0.15, 0.2) is 24.3 Å². The van der Waals surface area contributed by atoms with Gasteiger partial charge in [0.15, 0.2) is 11.6 Å². The Hall–Kier alpha value is -2.57. The van der Waals surface area contributed by atoms with Gasteiger partial charge in [-0.25, -0.2) is 18.7 Å². The van der Waals surface area contributed by atoms with Crippen molar-refractivity contribution in [1.82, 2.24) is 15.3 Å². The fraction of sp³-hybridized carbons (Fsp3) is 0.476. The van der Waals surface area contributed by atoms with E-state index in [0.29, 0.717) is 17.9 Å². The number of rotatable bonds is 6. The van der Waals surface area contributed by atoms with E-state index in [9.17, 15) is 13.6 Å². The molecule has 0 radical (unpaired) electrons. The molecule has 1 fully saturated rings. The van der Waals surface area contributed by atoms with Crippen molar-refractivity contribution in [3.8, 4) is 0 Å². The molecule has 7 heteroatoms. The van der Waals surface area contributed by atoms with Gasteiger partial charge in [0.05, 0.1) is 0 Å². The van der Waals surface area contributed by atoms with E-state index in [2.05, 4.69) is 20.2 Å². The average Bonchev–Trinajstić information content (AvgIpc) is 2.67. The van der Waals surface area contributed by atoms with Crippen LogP contribution in [0.3, 0.4) is 0 Å². The molecule has 3 rings (SSSR count). The molecule has 1 atom stereocenters. The van der Waals surface area contributed by atoms with Gasteiger partial charge in [-0.1, -0.05) is 6.07 Å². The van der Waals surface area contributed by atoms with Gasteiger partial charge in [-0.05, 0) is 62.8 Å². The Morgan fingerprint density at radius 1 is 1.18 bits per heavy atom. The zero-order valence-corrected chi connectivity index (χ0v) is 16.3. The van der Waals surface area contributed by atoms with Crippen LogP contribution in [-0.2, 0) is 11.3 Å². The summed E-state index contributed by atoms with van der Waals surface area (Å²) in [5.74, 6) is -0.686. The minimum atomic E-state index is -0.900. The van der Waals surface area contributed by atoms with Crippen LogP contribution in [0.25, 0.3) is 0 Å². The molecule has 1 aliphatic rings. The molecule has 1 N–H and O–H groups in total. The zero-order chi connectivity index (χ0) is 20.1. The van der Waals surface area contributed by atoms with Crippen molar-refractivity contribution >= 4 is 11.9 Å². The number of hydrogen-bond acceptors (Lipinski definition) is 4. The molecule has 1 saturated heterocycles. The third-order valence-electron chi connectivity index (χ3n) is 5.03. The summed E-state index contributed by atoms with van der Waals surface area (Å²) in [5.41, 5.74) is 2.46. The summed E-state index contributed by atoms with van der Waals surface area (Å²) < 4.78 is 26.2. The molecule has 1 aromatic heterocycles. The highest BCUT2D eigenvalue weighted by Crippen LogP contribution is 2.24. The van der Waals surface area contributed by atoms with E-state index in [-0.39, 0.29) is 12.5 Å². The number of amides is 1. The van der Waals surface area contributed by atoms with Crippen LogP contribution < -0.4 is 10.2 Å². The molecule has 5 nitrogen and oxygen atoms in total. The van der Waals surface area contributed by atoms with Gasteiger partial charge < -0.3 is 10.2 Å². The normalized spacial score (nSPS) is 16.9. The molecule has 2 heterocycles. The first-order valence-corrected chi connectivity index (χ1v) is 9.68. The maximum Gasteiger partial charge on any atom is 0.225 e. The summed E-state index contributed by atoms with van der Waals surface area (Å²) in [7, 11) is 0. The number of nitrogens with one attached hydrogen (secondary N) is 1. The number of carbonyl (C=O) groups excluding carboxylic acids is 1. The predicted octanol–water partition coefficient (Wildman–Crippen LogP) is 3.68. The topological polar surface area (TPSA) is 58.1 Å². The van der Waals surface area contributed by atoms with Gasteiger partial charge in [0.1, 0.15) is 0 Å². The van der Waals surface area contributed by atoms with Crippen LogP contribution in [0.2, 0.25) is 0 Å². The van der Waals surface area contributed by atoms with Crippen LogP contribution in [0, 0.1) is 31.4 Å². The van der Waals surface area contributed by atoms with Crippen LogP contribution >= 0.6 is 0 Å². The highest BCUT2D eigenvalue weighted by atomic mass is 19.2. The molecule has 0 spiro atoms. The Labute approximate surface area is 164 Å². The largest absolute Gasteiger partial charge is 0.352 e. The van der Waals surface area contributed by atoms with Crippen molar-refractivity contribution in [3.63, 3.8) is 0 Å². The predicted molar refractivity (Wildman–Crippen MR) is 104 cm³/mol.